The van der Waals surface area contributed by atoms with Gasteiger partial charge >= 0.3 is 0 Å². The number of pyridine rings is 1. The number of halogens is 1. The van der Waals surface area contributed by atoms with E-state index in [4.69, 9.17) is 4.74 Å². The van der Waals surface area contributed by atoms with E-state index in [0.717, 1.165) is 23.2 Å². The lowest BCUT2D eigenvalue weighted by molar-refractivity contribution is 0.385. The Bertz CT molecular complexity index is 586. The first-order valence-corrected chi connectivity index (χ1v) is 6.57. The van der Waals surface area contributed by atoms with Crippen LogP contribution in [-0.4, -0.2) is 19.1 Å². The SMILES string of the molecule is CNC(Cc1ncccc1C)c1ccc(F)c(OC)c1. The minimum absolute atomic E-state index is 0.0677. The van der Waals surface area contributed by atoms with Gasteiger partial charge in [0.2, 0.25) is 0 Å². The second-order valence-electron chi connectivity index (χ2n) is 4.71. The van der Waals surface area contributed by atoms with Gasteiger partial charge in [-0.05, 0) is 43.3 Å². The summed E-state index contributed by atoms with van der Waals surface area (Å²) in [5.74, 6) is -0.0828. The fourth-order valence-corrected chi connectivity index (χ4v) is 2.21. The van der Waals surface area contributed by atoms with E-state index in [1.807, 2.05) is 26.1 Å². The van der Waals surface area contributed by atoms with Crippen molar-refractivity contribution in [1.29, 1.82) is 0 Å². The third-order valence-corrected chi connectivity index (χ3v) is 3.44. The highest BCUT2D eigenvalue weighted by molar-refractivity contribution is 5.33. The lowest BCUT2D eigenvalue weighted by atomic mass is 9.99. The zero-order valence-electron chi connectivity index (χ0n) is 12.0. The normalized spacial score (nSPS) is 12.2. The summed E-state index contributed by atoms with van der Waals surface area (Å²) >= 11 is 0. The molecule has 3 nitrogen and oxygen atoms in total. The smallest absolute Gasteiger partial charge is 0.165 e. The molecule has 0 spiro atoms. The molecule has 0 saturated heterocycles. The lowest BCUT2D eigenvalue weighted by Crippen LogP contribution is -2.20. The fourth-order valence-electron chi connectivity index (χ4n) is 2.21. The highest BCUT2D eigenvalue weighted by Gasteiger charge is 2.14. The lowest BCUT2D eigenvalue weighted by Gasteiger charge is -2.18. The van der Waals surface area contributed by atoms with E-state index < -0.39 is 0 Å². The van der Waals surface area contributed by atoms with Gasteiger partial charge in [-0.2, -0.15) is 0 Å². The van der Waals surface area contributed by atoms with Gasteiger partial charge in [0.25, 0.3) is 0 Å². The summed E-state index contributed by atoms with van der Waals surface area (Å²) in [6, 6.07) is 8.97. The minimum Gasteiger partial charge on any atom is -0.494 e. The van der Waals surface area contributed by atoms with Crippen molar-refractivity contribution in [2.45, 2.75) is 19.4 Å². The number of aromatic nitrogens is 1. The monoisotopic (exact) mass is 274 g/mol. The minimum atomic E-state index is -0.347. The highest BCUT2D eigenvalue weighted by atomic mass is 19.1. The number of likely N-dealkylation sites (N-methyl/N-ethyl adjacent to an activating group) is 1. The average molecular weight is 274 g/mol. The van der Waals surface area contributed by atoms with E-state index in [2.05, 4.69) is 10.3 Å². The summed E-state index contributed by atoms with van der Waals surface area (Å²) in [4.78, 5) is 4.41. The van der Waals surface area contributed by atoms with Crippen molar-refractivity contribution in [1.82, 2.24) is 10.3 Å². The van der Waals surface area contributed by atoms with Crippen molar-refractivity contribution in [3.8, 4) is 5.75 Å². The van der Waals surface area contributed by atoms with Crippen molar-refractivity contribution in [2.75, 3.05) is 14.2 Å². The summed E-state index contributed by atoms with van der Waals surface area (Å²) in [6.45, 7) is 2.04. The van der Waals surface area contributed by atoms with Crippen molar-refractivity contribution >= 4 is 0 Å². The van der Waals surface area contributed by atoms with Gasteiger partial charge in [-0.1, -0.05) is 12.1 Å². The Kier molecular flexibility index (Phi) is 4.69. The van der Waals surface area contributed by atoms with E-state index in [1.54, 1.807) is 18.3 Å². The average Bonchev–Trinajstić information content (AvgIpc) is 2.47. The molecule has 4 heteroatoms. The molecular formula is C16H19FN2O. The number of nitrogens with one attached hydrogen (secondary N) is 1. The van der Waals surface area contributed by atoms with Crippen LogP contribution < -0.4 is 10.1 Å². The van der Waals surface area contributed by atoms with Crippen molar-refractivity contribution < 1.29 is 9.13 Å². The number of aryl methyl sites for hydroxylation is 1. The molecule has 0 aliphatic rings. The van der Waals surface area contributed by atoms with Gasteiger partial charge in [-0.15, -0.1) is 0 Å². The van der Waals surface area contributed by atoms with Crippen LogP contribution >= 0.6 is 0 Å². The topological polar surface area (TPSA) is 34.2 Å². The van der Waals surface area contributed by atoms with Crippen LogP contribution in [0.4, 0.5) is 4.39 Å². The highest BCUT2D eigenvalue weighted by Crippen LogP contribution is 2.25. The summed E-state index contributed by atoms with van der Waals surface area (Å²) in [6.07, 6.45) is 2.54. The molecule has 0 aliphatic carbocycles. The Balaban J connectivity index is 2.26. The number of benzene rings is 1. The molecule has 0 amide bonds. The molecule has 106 valence electrons. The maximum atomic E-state index is 13.5. The predicted octanol–water partition coefficient (Wildman–Crippen LogP) is 3.04. The molecule has 0 bridgehead atoms. The van der Waals surface area contributed by atoms with Crippen LogP contribution in [0.1, 0.15) is 22.9 Å². The Morgan fingerprint density at radius 1 is 1.35 bits per heavy atom. The van der Waals surface area contributed by atoms with Crippen molar-refractivity contribution in [3.05, 3.63) is 59.2 Å². The van der Waals surface area contributed by atoms with Crippen LogP contribution in [0.3, 0.4) is 0 Å². The van der Waals surface area contributed by atoms with Crippen LogP contribution in [0.15, 0.2) is 36.5 Å². The van der Waals surface area contributed by atoms with E-state index in [0.29, 0.717) is 0 Å². The molecule has 20 heavy (non-hydrogen) atoms. The van der Waals surface area contributed by atoms with Gasteiger partial charge in [0.1, 0.15) is 0 Å². The van der Waals surface area contributed by atoms with E-state index >= 15 is 0 Å². The first kappa shape index (κ1) is 14.5. The predicted molar refractivity (Wildman–Crippen MR) is 77.4 cm³/mol. The number of hydrogen-bond donors (Lipinski definition) is 1. The third kappa shape index (κ3) is 3.14. The van der Waals surface area contributed by atoms with Crippen molar-refractivity contribution in [3.63, 3.8) is 0 Å². The number of ether oxygens (including phenoxy) is 1. The summed E-state index contributed by atoms with van der Waals surface area (Å²) in [7, 11) is 3.36. The van der Waals surface area contributed by atoms with Crippen LogP contribution in [0.25, 0.3) is 0 Å². The van der Waals surface area contributed by atoms with Gasteiger partial charge < -0.3 is 10.1 Å². The second-order valence-corrected chi connectivity index (χ2v) is 4.71. The molecule has 1 atom stereocenters. The Labute approximate surface area is 118 Å². The zero-order chi connectivity index (χ0) is 14.5. The van der Waals surface area contributed by atoms with E-state index in [-0.39, 0.29) is 17.6 Å². The van der Waals surface area contributed by atoms with Gasteiger partial charge in [0.05, 0.1) is 7.11 Å². The molecule has 0 saturated carbocycles. The Hall–Kier alpha value is -1.94. The largest absolute Gasteiger partial charge is 0.494 e. The molecule has 1 unspecified atom stereocenters. The third-order valence-electron chi connectivity index (χ3n) is 3.44. The molecule has 0 radical (unpaired) electrons. The summed E-state index contributed by atoms with van der Waals surface area (Å²) in [5.41, 5.74) is 3.17. The molecule has 2 rings (SSSR count). The maximum absolute atomic E-state index is 13.5. The molecule has 2 aromatic rings. The van der Waals surface area contributed by atoms with Crippen LogP contribution in [-0.2, 0) is 6.42 Å². The van der Waals surface area contributed by atoms with Gasteiger partial charge in [-0.3, -0.25) is 4.98 Å². The quantitative estimate of drug-likeness (QED) is 0.910. The Morgan fingerprint density at radius 2 is 2.15 bits per heavy atom. The molecule has 1 N–H and O–H groups in total. The summed E-state index contributed by atoms with van der Waals surface area (Å²) < 4.78 is 18.5. The van der Waals surface area contributed by atoms with Gasteiger partial charge in [-0.25, -0.2) is 4.39 Å². The molecule has 0 aliphatic heterocycles. The van der Waals surface area contributed by atoms with E-state index in [9.17, 15) is 4.39 Å². The van der Waals surface area contributed by atoms with Crippen molar-refractivity contribution in [2.24, 2.45) is 0 Å². The first-order valence-electron chi connectivity index (χ1n) is 6.57. The number of rotatable bonds is 5. The molecular weight excluding hydrogens is 255 g/mol. The first-order chi connectivity index (χ1) is 9.65. The number of nitrogens with zero attached hydrogens (tertiary/aromatic N) is 1. The zero-order valence-corrected chi connectivity index (χ0v) is 12.0. The molecule has 1 aromatic carbocycles. The Morgan fingerprint density at radius 3 is 2.80 bits per heavy atom. The van der Waals surface area contributed by atoms with Gasteiger partial charge in [0, 0.05) is 24.4 Å². The molecule has 1 heterocycles. The molecule has 1 aromatic heterocycles. The number of hydrogen-bond acceptors (Lipinski definition) is 3. The van der Waals surface area contributed by atoms with Crippen LogP contribution in [0, 0.1) is 12.7 Å². The van der Waals surface area contributed by atoms with E-state index in [1.165, 1.54) is 13.2 Å². The second kappa shape index (κ2) is 6.48. The fraction of sp³-hybridized carbons (Fsp3) is 0.312. The maximum Gasteiger partial charge on any atom is 0.165 e. The summed E-state index contributed by atoms with van der Waals surface area (Å²) in [5, 5.41) is 3.25. The standard InChI is InChI=1S/C16H19FN2O/c1-11-5-4-8-19-14(11)10-15(18-2)12-6-7-13(17)16(9-12)20-3/h4-9,15,18H,10H2,1-3H3. The molecule has 0 fully saturated rings. The van der Waals surface area contributed by atoms with Crippen LogP contribution in [0.2, 0.25) is 0 Å². The van der Waals surface area contributed by atoms with Crippen LogP contribution in [0.5, 0.6) is 5.75 Å². The van der Waals surface area contributed by atoms with Gasteiger partial charge in [0.15, 0.2) is 11.6 Å². The number of methoxy groups -OCH3 is 1.